The van der Waals surface area contributed by atoms with Gasteiger partial charge in [-0.1, -0.05) is 18.0 Å². The van der Waals surface area contributed by atoms with E-state index in [0.717, 1.165) is 12.8 Å². The standard InChI is InChI=1S/C8H14N4O/c1-6(11-12-9)8(13)10-7-4-2-3-5-7/h6-7H,2-5H2,1H3,(H,10,13). The summed E-state index contributed by atoms with van der Waals surface area (Å²) in [5.74, 6) is -0.162. The Labute approximate surface area is 77.1 Å². The largest absolute Gasteiger partial charge is 0.353 e. The van der Waals surface area contributed by atoms with Gasteiger partial charge in [-0.15, -0.1) is 0 Å². The lowest BCUT2D eigenvalue weighted by Gasteiger charge is -2.13. The first-order chi connectivity index (χ1) is 6.24. The maximum Gasteiger partial charge on any atom is 0.228 e. The van der Waals surface area contributed by atoms with Crippen LogP contribution in [0.3, 0.4) is 0 Å². The van der Waals surface area contributed by atoms with Crippen molar-refractivity contribution < 1.29 is 4.79 Å². The van der Waals surface area contributed by atoms with E-state index in [1.54, 1.807) is 6.92 Å². The summed E-state index contributed by atoms with van der Waals surface area (Å²) in [6.07, 6.45) is 4.46. The van der Waals surface area contributed by atoms with Crippen LogP contribution in [-0.2, 0) is 4.79 Å². The summed E-state index contributed by atoms with van der Waals surface area (Å²) in [5.41, 5.74) is 8.12. The van der Waals surface area contributed by atoms with Crippen molar-refractivity contribution in [1.82, 2.24) is 5.32 Å². The highest BCUT2D eigenvalue weighted by atomic mass is 16.2. The quantitative estimate of drug-likeness (QED) is 0.402. The highest BCUT2D eigenvalue weighted by molar-refractivity contribution is 5.81. The van der Waals surface area contributed by atoms with Gasteiger partial charge >= 0.3 is 0 Å². The lowest BCUT2D eigenvalue weighted by molar-refractivity contribution is -0.122. The van der Waals surface area contributed by atoms with Crippen LogP contribution >= 0.6 is 0 Å². The van der Waals surface area contributed by atoms with E-state index in [-0.39, 0.29) is 5.91 Å². The van der Waals surface area contributed by atoms with Gasteiger partial charge < -0.3 is 5.32 Å². The average molecular weight is 182 g/mol. The molecule has 1 amide bonds. The lowest BCUT2D eigenvalue weighted by atomic mass is 10.2. The maximum absolute atomic E-state index is 11.3. The van der Waals surface area contributed by atoms with E-state index in [0.29, 0.717) is 6.04 Å². The van der Waals surface area contributed by atoms with Gasteiger partial charge in [-0.3, -0.25) is 4.79 Å². The number of carbonyl (C=O) groups is 1. The molecule has 0 spiro atoms. The molecule has 0 saturated heterocycles. The number of carbonyl (C=O) groups excluding carboxylic acids is 1. The third kappa shape index (κ3) is 2.95. The van der Waals surface area contributed by atoms with Gasteiger partial charge in [-0.25, -0.2) is 0 Å². The first kappa shape index (κ1) is 9.86. The van der Waals surface area contributed by atoms with Crippen molar-refractivity contribution in [3.63, 3.8) is 0 Å². The summed E-state index contributed by atoms with van der Waals surface area (Å²) in [7, 11) is 0. The summed E-state index contributed by atoms with van der Waals surface area (Å²) in [6.45, 7) is 1.60. The minimum absolute atomic E-state index is 0.162. The zero-order chi connectivity index (χ0) is 9.68. The fraction of sp³-hybridized carbons (Fsp3) is 0.875. The third-order valence-corrected chi connectivity index (χ3v) is 2.31. The minimum Gasteiger partial charge on any atom is -0.353 e. The van der Waals surface area contributed by atoms with E-state index < -0.39 is 6.04 Å². The van der Waals surface area contributed by atoms with E-state index in [1.165, 1.54) is 12.8 Å². The van der Waals surface area contributed by atoms with Crippen LogP contribution in [0.25, 0.3) is 10.4 Å². The molecule has 1 N–H and O–H groups in total. The fourth-order valence-corrected chi connectivity index (χ4v) is 1.52. The van der Waals surface area contributed by atoms with Crippen molar-refractivity contribution in [2.24, 2.45) is 5.11 Å². The van der Waals surface area contributed by atoms with Gasteiger partial charge in [0.2, 0.25) is 5.91 Å². The number of amides is 1. The summed E-state index contributed by atoms with van der Waals surface area (Å²) < 4.78 is 0. The van der Waals surface area contributed by atoms with Crippen LogP contribution in [0.4, 0.5) is 0 Å². The normalized spacial score (nSPS) is 19.2. The van der Waals surface area contributed by atoms with Crippen molar-refractivity contribution in [3.05, 3.63) is 10.4 Å². The van der Waals surface area contributed by atoms with Crippen molar-refractivity contribution >= 4 is 5.91 Å². The number of hydrogen-bond acceptors (Lipinski definition) is 2. The molecule has 1 unspecified atom stereocenters. The van der Waals surface area contributed by atoms with Crippen molar-refractivity contribution in [3.8, 4) is 0 Å². The van der Waals surface area contributed by atoms with Crippen molar-refractivity contribution in [2.45, 2.75) is 44.7 Å². The Bertz CT molecular complexity index is 228. The van der Waals surface area contributed by atoms with Crippen LogP contribution < -0.4 is 5.32 Å². The van der Waals surface area contributed by atoms with Gasteiger partial charge in [0, 0.05) is 11.0 Å². The van der Waals surface area contributed by atoms with Gasteiger partial charge in [-0.2, -0.15) is 0 Å². The Morgan fingerprint density at radius 2 is 2.23 bits per heavy atom. The highest BCUT2D eigenvalue weighted by Crippen LogP contribution is 2.17. The van der Waals surface area contributed by atoms with Crippen LogP contribution in [0.2, 0.25) is 0 Å². The first-order valence-corrected chi connectivity index (χ1v) is 4.58. The van der Waals surface area contributed by atoms with Crippen LogP contribution in [0, 0.1) is 0 Å². The topological polar surface area (TPSA) is 77.9 Å². The van der Waals surface area contributed by atoms with Crippen LogP contribution in [0.5, 0.6) is 0 Å². The number of rotatable bonds is 3. The third-order valence-electron chi connectivity index (χ3n) is 2.31. The number of hydrogen-bond donors (Lipinski definition) is 1. The average Bonchev–Trinajstić information content (AvgIpc) is 2.57. The second-order valence-corrected chi connectivity index (χ2v) is 3.37. The summed E-state index contributed by atoms with van der Waals surface area (Å²) in [6, 6.07) is -0.297. The molecule has 0 bridgehead atoms. The second-order valence-electron chi connectivity index (χ2n) is 3.37. The minimum atomic E-state index is -0.592. The molecule has 0 aliphatic heterocycles. The Kier molecular flexibility index (Phi) is 3.58. The molecular weight excluding hydrogens is 168 g/mol. The molecule has 0 heterocycles. The molecule has 1 aliphatic rings. The monoisotopic (exact) mass is 182 g/mol. The number of nitrogens with one attached hydrogen (secondary N) is 1. The zero-order valence-electron chi connectivity index (χ0n) is 7.73. The zero-order valence-corrected chi connectivity index (χ0v) is 7.73. The Morgan fingerprint density at radius 1 is 1.62 bits per heavy atom. The summed E-state index contributed by atoms with van der Waals surface area (Å²) >= 11 is 0. The molecular formula is C8H14N4O. The second kappa shape index (κ2) is 4.72. The summed E-state index contributed by atoms with van der Waals surface area (Å²) in [5, 5.41) is 6.19. The van der Waals surface area contributed by atoms with Crippen LogP contribution in [-0.4, -0.2) is 18.0 Å². The van der Waals surface area contributed by atoms with E-state index in [9.17, 15) is 4.79 Å². The van der Waals surface area contributed by atoms with Crippen LogP contribution in [0.1, 0.15) is 32.6 Å². The molecule has 13 heavy (non-hydrogen) atoms. The van der Waals surface area contributed by atoms with Gasteiger partial charge in [0.05, 0.1) is 0 Å². The predicted octanol–water partition coefficient (Wildman–Crippen LogP) is 1.74. The van der Waals surface area contributed by atoms with Crippen molar-refractivity contribution in [1.29, 1.82) is 0 Å². The molecule has 1 aliphatic carbocycles. The van der Waals surface area contributed by atoms with Gasteiger partial charge in [-0.05, 0) is 25.3 Å². The van der Waals surface area contributed by atoms with Crippen LogP contribution in [0.15, 0.2) is 5.11 Å². The van der Waals surface area contributed by atoms with Crippen molar-refractivity contribution in [2.75, 3.05) is 0 Å². The Balaban J connectivity index is 2.34. The SMILES string of the molecule is CC(N=[N+]=[N-])C(=O)NC1CCCC1. The van der Waals surface area contributed by atoms with Gasteiger partial charge in [0.25, 0.3) is 0 Å². The van der Waals surface area contributed by atoms with E-state index >= 15 is 0 Å². The molecule has 1 saturated carbocycles. The van der Waals surface area contributed by atoms with E-state index in [2.05, 4.69) is 15.3 Å². The van der Waals surface area contributed by atoms with Gasteiger partial charge in [0.15, 0.2) is 0 Å². The smallest absolute Gasteiger partial charge is 0.228 e. The van der Waals surface area contributed by atoms with E-state index in [4.69, 9.17) is 5.53 Å². The molecule has 5 heteroatoms. The Hall–Kier alpha value is -1.22. The highest BCUT2D eigenvalue weighted by Gasteiger charge is 2.19. The molecule has 0 radical (unpaired) electrons. The molecule has 5 nitrogen and oxygen atoms in total. The Morgan fingerprint density at radius 3 is 2.77 bits per heavy atom. The number of nitrogens with zero attached hydrogens (tertiary/aromatic N) is 3. The molecule has 0 aromatic heterocycles. The fourth-order valence-electron chi connectivity index (χ4n) is 1.52. The molecule has 1 fully saturated rings. The molecule has 72 valence electrons. The predicted molar refractivity (Wildman–Crippen MR) is 49.0 cm³/mol. The number of azide groups is 1. The lowest BCUT2D eigenvalue weighted by Crippen LogP contribution is -2.37. The van der Waals surface area contributed by atoms with E-state index in [1.807, 2.05) is 0 Å². The van der Waals surface area contributed by atoms with Gasteiger partial charge in [0.1, 0.15) is 6.04 Å². The molecule has 0 aromatic carbocycles. The molecule has 1 rings (SSSR count). The maximum atomic E-state index is 11.3. The molecule has 1 atom stereocenters. The first-order valence-electron chi connectivity index (χ1n) is 4.58. The summed E-state index contributed by atoms with van der Waals surface area (Å²) in [4.78, 5) is 13.9. The molecule has 0 aromatic rings.